The number of hydrogen-bond acceptors (Lipinski definition) is 5. The summed E-state index contributed by atoms with van der Waals surface area (Å²) in [6.45, 7) is 2.17. The number of esters is 1. The van der Waals surface area contributed by atoms with Crippen LogP contribution in [0.15, 0.2) is 24.3 Å². The highest BCUT2D eigenvalue weighted by Gasteiger charge is 2.25. The molecule has 130 valence electrons. The van der Waals surface area contributed by atoms with Crippen LogP contribution in [0.2, 0.25) is 0 Å². The van der Waals surface area contributed by atoms with Gasteiger partial charge in [0.25, 0.3) is 5.91 Å². The predicted octanol–water partition coefficient (Wildman–Crippen LogP) is 2.21. The van der Waals surface area contributed by atoms with E-state index in [9.17, 15) is 14.4 Å². The minimum atomic E-state index is -0.630. The normalized spacial score (nSPS) is 17.2. The van der Waals surface area contributed by atoms with Gasteiger partial charge in [-0.3, -0.25) is 9.59 Å². The molecule has 1 saturated heterocycles. The third kappa shape index (κ3) is 4.81. The van der Waals surface area contributed by atoms with Gasteiger partial charge in [-0.15, -0.1) is 0 Å². The fourth-order valence-electron chi connectivity index (χ4n) is 2.87. The maximum absolute atomic E-state index is 12.2. The lowest BCUT2D eigenvalue weighted by Crippen LogP contribution is -2.45. The highest BCUT2D eigenvalue weighted by Crippen LogP contribution is 2.19. The summed E-state index contributed by atoms with van der Waals surface area (Å²) in [5.74, 6) is -0.477. The number of nitrogens with zero attached hydrogens (tertiary/aromatic N) is 1. The number of rotatable bonds is 7. The van der Waals surface area contributed by atoms with Gasteiger partial charge in [0.2, 0.25) is 0 Å². The molecule has 0 saturated carbocycles. The molecule has 0 radical (unpaired) electrons. The molecule has 6 nitrogen and oxygen atoms in total. The Morgan fingerprint density at radius 3 is 2.79 bits per heavy atom. The molecule has 1 unspecified atom stereocenters. The van der Waals surface area contributed by atoms with E-state index < -0.39 is 5.97 Å². The molecule has 1 atom stereocenters. The van der Waals surface area contributed by atoms with Crippen LogP contribution < -0.4 is 4.74 Å². The molecule has 1 amide bonds. The molecule has 0 spiro atoms. The van der Waals surface area contributed by atoms with Crippen molar-refractivity contribution in [2.45, 2.75) is 38.6 Å². The number of likely N-dealkylation sites (tertiary alicyclic amines) is 1. The monoisotopic (exact) mass is 333 g/mol. The molecule has 24 heavy (non-hydrogen) atoms. The molecule has 0 aliphatic carbocycles. The maximum Gasteiger partial charge on any atom is 0.344 e. The summed E-state index contributed by atoms with van der Waals surface area (Å²) < 4.78 is 10.3. The molecule has 0 bridgehead atoms. The van der Waals surface area contributed by atoms with Crippen molar-refractivity contribution >= 4 is 18.2 Å². The molecule has 0 N–H and O–H groups in total. The van der Waals surface area contributed by atoms with Crippen molar-refractivity contribution in [3.8, 4) is 5.75 Å². The molecule has 2 rings (SSSR count). The van der Waals surface area contributed by atoms with Crippen LogP contribution in [0.25, 0.3) is 0 Å². The van der Waals surface area contributed by atoms with Gasteiger partial charge in [0, 0.05) is 12.6 Å². The highest BCUT2D eigenvalue weighted by molar-refractivity contribution is 5.82. The smallest absolute Gasteiger partial charge is 0.344 e. The Morgan fingerprint density at radius 1 is 1.25 bits per heavy atom. The van der Waals surface area contributed by atoms with Crippen molar-refractivity contribution < 1.29 is 23.9 Å². The van der Waals surface area contributed by atoms with E-state index in [2.05, 4.69) is 6.92 Å². The zero-order chi connectivity index (χ0) is 17.4. The van der Waals surface area contributed by atoms with Crippen LogP contribution in [-0.4, -0.2) is 48.9 Å². The van der Waals surface area contributed by atoms with Crippen molar-refractivity contribution in [2.75, 3.05) is 19.8 Å². The number of benzene rings is 1. The zero-order valence-corrected chi connectivity index (χ0v) is 13.9. The number of amides is 1. The van der Waals surface area contributed by atoms with Crippen LogP contribution in [0.4, 0.5) is 0 Å². The van der Waals surface area contributed by atoms with E-state index in [1.54, 1.807) is 29.2 Å². The van der Waals surface area contributed by atoms with Crippen LogP contribution in [-0.2, 0) is 14.3 Å². The number of para-hydroxylation sites is 1. The van der Waals surface area contributed by atoms with Gasteiger partial charge in [-0.2, -0.15) is 0 Å². The Kier molecular flexibility index (Phi) is 6.78. The number of ether oxygens (including phenoxy) is 2. The molecule has 6 heteroatoms. The van der Waals surface area contributed by atoms with Crippen LogP contribution in [0, 0.1) is 0 Å². The van der Waals surface area contributed by atoms with E-state index in [0.29, 0.717) is 17.6 Å². The Balaban J connectivity index is 1.78. The number of piperidine rings is 1. The third-order valence-electron chi connectivity index (χ3n) is 4.17. The Hall–Kier alpha value is -2.37. The Morgan fingerprint density at radius 2 is 2.04 bits per heavy atom. The van der Waals surface area contributed by atoms with Crippen LogP contribution in [0.3, 0.4) is 0 Å². The summed E-state index contributed by atoms with van der Waals surface area (Å²) in [6.07, 6.45) is 4.69. The van der Waals surface area contributed by atoms with Crippen LogP contribution >= 0.6 is 0 Å². The molecular weight excluding hydrogens is 310 g/mol. The van der Waals surface area contributed by atoms with Gasteiger partial charge in [-0.25, -0.2) is 4.79 Å². The van der Waals surface area contributed by atoms with Crippen LogP contribution in [0.1, 0.15) is 43.0 Å². The molecule has 1 aromatic carbocycles. The van der Waals surface area contributed by atoms with Crippen molar-refractivity contribution in [3.63, 3.8) is 0 Å². The van der Waals surface area contributed by atoms with E-state index in [0.717, 1.165) is 32.2 Å². The number of carbonyl (C=O) groups is 3. The van der Waals surface area contributed by atoms with E-state index in [4.69, 9.17) is 9.47 Å². The third-order valence-corrected chi connectivity index (χ3v) is 4.17. The highest BCUT2D eigenvalue weighted by atomic mass is 16.6. The topological polar surface area (TPSA) is 72.9 Å². The predicted molar refractivity (Wildman–Crippen MR) is 87.9 cm³/mol. The summed E-state index contributed by atoms with van der Waals surface area (Å²) in [7, 11) is 0. The molecule has 1 aliphatic rings. The van der Waals surface area contributed by atoms with Gasteiger partial charge < -0.3 is 14.4 Å². The SMILES string of the molecule is CCC1CCCCN1C(=O)COC(=O)COc1ccccc1C=O. The first-order valence-electron chi connectivity index (χ1n) is 8.27. The second kappa shape index (κ2) is 9.05. The quantitative estimate of drug-likeness (QED) is 0.565. The lowest BCUT2D eigenvalue weighted by Gasteiger charge is -2.35. The second-order valence-electron chi connectivity index (χ2n) is 5.75. The largest absolute Gasteiger partial charge is 0.481 e. The lowest BCUT2D eigenvalue weighted by molar-refractivity contribution is -0.155. The Labute approximate surface area is 141 Å². The minimum absolute atomic E-state index is 0.164. The van der Waals surface area contributed by atoms with Crippen molar-refractivity contribution in [1.82, 2.24) is 4.90 Å². The van der Waals surface area contributed by atoms with Crippen molar-refractivity contribution in [2.24, 2.45) is 0 Å². The van der Waals surface area contributed by atoms with Gasteiger partial charge in [-0.1, -0.05) is 19.1 Å². The first-order chi connectivity index (χ1) is 11.7. The van der Waals surface area contributed by atoms with Gasteiger partial charge in [0.1, 0.15) is 5.75 Å². The maximum atomic E-state index is 12.2. The van der Waals surface area contributed by atoms with E-state index >= 15 is 0 Å². The Bertz CT molecular complexity index is 587. The lowest BCUT2D eigenvalue weighted by atomic mass is 10.00. The fraction of sp³-hybridized carbons (Fsp3) is 0.500. The second-order valence-corrected chi connectivity index (χ2v) is 5.75. The van der Waals surface area contributed by atoms with E-state index in [1.807, 2.05) is 0 Å². The number of aldehydes is 1. The number of hydrogen-bond donors (Lipinski definition) is 0. The number of carbonyl (C=O) groups excluding carboxylic acids is 3. The molecular formula is C18H23NO5. The molecule has 1 fully saturated rings. The summed E-state index contributed by atoms with van der Waals surface area (Å²) in [5, 5.41) is 0. The minimum Gasteiger partial charge on any atom is -0.481 e. The van der Waals surface area contributed by atoms with Crippen molar-refractivity contribution in [3.05, 3.63) is 29.8 Å². The molecule has 1 heterocycles. The van der Waals surface area contributed by atoms with E-state index in [-0.39, 0.29) is 25.2 Å². The first-order valence-corrected chi connectivity index (χ1v) is 8.27. The first kappa shape index (κ1) is 18.0. The van der Waals surface area contributed by atoms with Crippen molar-refractivity contribution in [1.29, 1.82) is 0 Å². The molecule has 1 aromatic rings. The summed E-state index contributed by atoms with van der Waals surface area (Å²) >= 11 is 0. The summed E-state index contributed by atoms with van der Waals surface area (Å²) in [5.41, 5.74) is 0.362. The standard InChI is InChI=1S/C18H23NO5/c1-2-15-8-5-6-10-19(15)17(21)12-24-18(22)13-23-16-9-4-3-7-14(16)11-20/h3-4,7,9,11,15H,2,5-6,8,10,12-13H2,1H3. The van der Waals surface area contributed by atoms with Gasteiger partial charge in [0.15, 0.2) is 19.5 Å². The molecule has 1 aliphatic heterocycles. The van der Waals surface area contributed by atoms with Gasteiger partial charge >= 0.3 is 5.97 Å². The van der Waals surface area contributed by atoms with Gasteiger partial charge in [-0.05, 0) is 37.8 Å². The average molecular weight is 333 g/mol. The average Bonchev–Trinajstić information content (AvgIpc) is 2.64. The summed E-state index contributed by atoms with van der Waals surface area (Å²) in [4.78, 5) is 36.6. The zero-order valence-electron chi connectivity index (χ0n) is 13.9. The van der Waals surface area contributed by atoms with E-state index in [1.165, 1.54) is 0 Å². The fourth-order valence-corrected chi connectivity index (χ4v) is 2.87. The van der Waals surface area contributed by atoms with Crippen LogP contribution in [0.5, 0.6) is 5.75 Å². The summed E-state index contributed by atoms with van der Waals surface area (Å²) in [6, 6.07) is 6.84. The van der Waals surface area contributed by atoms with Gasteiger partial charge in [0.05, 0.1) is 5.56 Å². The molecule has 0 aromatic heterocycles.